The maximum atomic E-state index is 4.67. The first-order chi connectivity index (χ1) is 13.8. The molecule has 3 heteroatoms. The Bertz CT molecular complexity index is 1300. The van der Waals surface area contributed by atoms with E-state index in [1.165, 1.54) is 44.0 Å². The molecule has 0 atom stereocenters. The van der Waals surface area contributed by atoms with E-state index < -0.39 is 0 Å². The lowest BCUT2D eigenvalue weighted by atomic mass is 9.93. The van der Waals surface area contributed by atoms with Crippen LogP contribution in [0.2, 0.25) is 0 Å². The van der Waals surface area contributed by atoms with E-state index in [-0.39, 0.29) is 0 Å². The van der Waals surface area contributed by atoms with Crippen molar-refractivity contribution in [2.45, 2.75) is 32.6 Å². The van der Waals surface area contributed by atoms with Crippen molar-refractivity contribution in [2.24, 2.45) is 0 Å². The smallest absolute Gasteiger partial charge is 0.116 e. The summed E-state index contributed by atoms with van der Waals surface area (Å²) in [6.07, 6.45) is 4.05. The fraction of sp³-hybridized carbons (Fsp3) is 0.200. The van der Waals surface area contributed by atoms with Crippen LogP contribution in [0.3, 0.4) is 0 Å². The van der Waals surface area contributed by atoms with Crippen LogP contribution in [0.5, 0.6) is 0 Å². The Labute approximate surface area is 168 Å². The average molecular weight is 383 g/mol. The summed E-state index contributed by atoms with van der Waals surface area (Å²) in [6, 6.07) is 21.9. The summed E-state index contributed by atoms with van der Waals surface area (Å²) in [4.78, 5) is 9.30. The van der Waals surface area contributed by atoms with Crippen LogP contribution in [0.1, 0.15) is 38.2 Å². The van der Waals surface area contributed by atoms with Crippen molar-refractivity contribution in [3.05, 3.63) is 72.6 Å². The normalized spacial score (nSPS) is 11.8. The second-order valence-corrected chi connectivity index (χ2v) is 8.39. The van der Waals surface area contributed by atoms with Crippen molar-refractivity contribution in [3.63, 3.8) is 0 Å². The molecule has 3 aromatic carbocycles. The third-order valence-electron chi connectivity index (χ3n) is 5.76. The molecule has 0 amide bonds. The van der Waals surface area contributed by atoms with Gasteiger partial charge in [-0.05, 0) is 47.2 Å². The average Bonchev–Trinajstić information content (AvgIpc) is 3.12. The minimum absolute atomic E-state index is 0.626. The summed E-state index contributed by atoms with van der Waals surface area (Å²) in [7, 11) is 0. The molecule has 28 heavy (non-hydrogen) atoms. The van der Waals surface area contributed by atoms with Crippen molar-refractivity contribution in [1.29, 1.82) is 0 Å². The van der Waals surface area contributed by atoms with E-state index in [1.54, 1.807) is 6.33 Å². The van der Waals surface area contributed by atoms with E-state index in [0.29, 0.717) is 5.92 Å². The maximum Gasteiger partial charge on any atom is 0.116 e. The standard InChI is InChI=1S/C25H22N2S/c1-3-16(4-2)19-11-12-21-22(14-19)28-25-23(26-15-27-24(21)25)20-10-9-17-7-5-6-8-18(17)13-20/h5-16H,3-4H2,1-2H3. The Kier molecular flexibility index (Phi) is 4.33. The van der Waals surface area contributed by atoms with Gasteiger partial charge in [0.25, 0.3) is 0 Å². The number of thiophene rings is 1. The number of aromatic nitrogens is 2. The van der Waals surface area contributed by atoms with Crippen molar-refractivity contribution in [2.75, 3.05) is 0 Å². The Morgan fingerprint density at radius 1 is 0.857 bits per heavy atom. The summed E-state index contributed by atoms with van der Waals surface area (Å²) < 4.78 is 2.48. The third-order valence-corrected chi connectivity index (χ3v) is 6.91. The van der Waals surface area contributed by atoms with Gasteiger partial charge < -0.3 is 0 Å². The van der Waals surface area contributed by atoms with Gasteiger partial charge in [0.15, 0.2) is 0 Å². The number of fused-ring (bicyclic) bond motifs is 4. The van der Waals surface area contributed by atoms with E-state index in [2.05, 4.69) is 84.5 Å². The van der Waals surface area contributed by atoms with Gasteiger partial charge in [-0.1, -0.05) is 62.4 Å². The monoisotopic (exact) mass is 382 g/mol. The Balaban J connectivity index is 1.71. The summed E-state index contributed by atoms with van der Waals surface area (Å²) in [6.45, 7) is 4.54. The SMILES string of the molecule is CCC(CC)c1ccc2c(c1)sc1c(-c3ccc4ccccc4c3)ncnc12. The van der Waals surface area contributed by atoms with Gasteiger partial charge in [-0.15, -0.1) is 11.3 Å². The molecule has 5 aromatic rings. The lowest BCUT2D eigenvalue weighted by Crippen LogP contribution is -1.94. The lowest BCUT2D eigenvalue weighted by Gasteiger charge is -2.12. The zero-order valence-electron chi connectivity index (χ0n) is 16.1. The predicted molar refractivity (Wildman–Crippen MR) is 121 cm³/mol. The Morgan fingerprint density at radius 3 is 2.50 bits per heavy atom. The first kappa shape index (κ1) is 17.3. The molecule has 0 aliphatic carbocycles. The summed E-state index contributed by atoms with van der Waals surface area (Å²) in [5.41, 5.74) is 4.68. The van der Waals surface area contributed by atoms with Gasteiger partial charge in [0.1, 0.15) is 6.33 Å². The van der Waals surface area contributed by atoms with Gasteiger partial charge in [0.05, 0.1) is 15.9 Å². The van der Waals surface area contributed by atoms with Crippen LogP contribution in [-0.4, -0.2) is 9.97 Å². The fourth-order valence-corrected chi connectivity index (χ4v) is 5.36. The van der Waals surface area contributed by atoms with E-state index in [9.17, 15) is 0 Å². The number of hydrogen-bond acceptors (Lipinski definition) is 3. The van der Waals surface area contributed by atoms with Crippen LogP contribution in [0.25, 0.3) is 42.3 Å². The van der Waals surface area contributed by atoms with Gasteiger partial charge in [0, 0.05) is 15.6 Å². The Morgan fingerprint density at radius 2 is 1.68 bits per heavy atom. The van der Waals surface area contributed by atoms with Crippen molar-refractivity contribution in [3.8, 4) is 11.3 Å². The molecule has 2 heterocycles. The summed E-state index contributed by atoms with van der Waals surface area (Å²) >= 11 is 1.82. The predicted octanol–water partition coefficient (Wildman–Crippen LogP) is 7.57. The molecule has 0 saturated heterocycles. The highest BCUT2D eigenvalue weighted by Gasteiger charge is 2.15. The first-order valence-corrected chi connectivity index (χ1v) is 10.8. The van der Waals surface area contributed by atoms with Crippen molar-refractivity contribution >= 4 is 42.4 Å². The van der Waals surface area contributed by atoms with E-state index in [4.69, 9.17) is 0 Å². The topological polar surface area (TPSA) is 25.8 Å². The molecular formula is C25H22N2S. The number of nitrogens with zero attached hydrogens (tertiary/aromatic N) is 2. The van der Waals surface area contributed by atoms with Gasteiger partial charge >= 0.3 is 0 Å². The van der Waals surface area contributed by atoms with E-state index in [1.807, 2.05) is 11.3 Å². The summed E-state index contributed by atoms with van der Waals surface area (Å²) in [5.74, 6) is 0.626. The Hall–Kier alpha value is -2.78. The quantitative estimate of drug-likeness (QED) is 0.320. The highest BCUT2D eigenvalue weighted by Crippen LogP contribution is 2.39. The van der Waals surface area contributed by atoms with Crippen LogP contribution in [-0.2, 0) is 0 Å². The molecule has 0 spiro atoms. The zero-order chi connectivity index (χ0) is 19.1. The molecule has 5 rings (SSSR count). The lowest BCUT2D eigenvalue weighted by molar-refractivity contribution is 0.643. The molecule has 0 bridgehead atoms. The third kappa shape index (κ3) is 2.78. The highest BCUT2D eigenvalue weighted by molar-refractivity contribution is 7.26. The van der Waals surface area contributed by atoms with Crippen LogP contribution in [0.15, 0.2) is 67.0 Å². The molecule has 0 fully saturated rings. The van der Waals surface area contributed by atoms with Crippen molar-refractivity contribution in [1.82, 2.24) is 9.97 Å². The highest BCUT2D eigenvalue weighted by atomic mass is 32.1. The number of benzene rings is 3. The van der Waals surface area contributed by atoms with Crippen LogP contribution in [0, 0.1) is 0 Å². The molecule has 0 aliphatic rings. The second kappa shape index (κ2) is 6.99. The molecule has 2 nitrogen and oxygen atoms in total. The zero-order valence-corrected chi connectivity index (χ0v) is 17.0. The molecule has 0 unspecified atom stereocenters. The van der Waals surface area contributed by atoms with Gasteiger partial charge in [-0.25, -0.2) is 9.97 Å². The summed E-state index contributed by atoms with van der Waals surface area (Å²) in [5, 5.41) is 3.73. The number of hydrogen-bond donors (Lipinski definition) is 0. The minimum Gasteiger partial charge on any atom is -0.235 e. The molecule has 0 aliphatic heterocycles. The molecule has 2 aromatic heterocycles. The first-order valence-electron chi connectivity index (χ1n) is 9.94. The van der Waals surface area contributed by atoms with Gasteiger partial charge in [-0.3, -0.25) is 0 Å². The largest absolute Gasteiger partial charge is 0.235 e. The van der Waals surface area contributed by atoms with Gasteiger partial charge in [-0.2, -0.15) is 0 Å². The van der Waals surface area contributed by atoms with Crippen LogP contribution < -0.4 is 0 Å². The maximum absolute atomic E-state index is 4.67. The number of rotatable bonds is 4. The molecular weight excluding hydrogens is 360 g/mol. The molecule has 0 N–H and O–H groups in total. The minimum atomic E-state index is 0.626. The van der Waals surface area contributed by atoms with Crippen LogP contribution in [0.4, 0.5) is 0 Å². The molecule has 0 radical (unpaired) electrons. The van der Waals surface area contributed by atoms with E-state index in [0.717, 1.165) is 16.8 Å². The van der Waals surface area contributed by atoms with Crippen molar-refractivity contribution < 1.29 is 0 Å². The second-order valence-electron chi connectivity index (χ2n) is 7.33. The molecule has 138 valence electrons. The fourth-order valence-electron chi connectivity index (χ4n) is 4.15. The van der Waals surface area contributed by atoms with E-state index >= 15 is 0 Å². The van der Waals surface area contributed by atoms with Crippen LogP contribution >= 0.6 is 11.3 Å². The molecule has 0 saturated carbocycles. The van der Waals surface area contributed by atoms with Gasteiger partial charge in [0.2, 0.25) is 0 Å².